The molecule has 1 saturated heterocycles. The maximum atomic E-state index is 11.9. The molecule has 2 heterocycles. The van der Waals surface area contributed by atoms with E-state index in [2.05, 4.69) is 10.4 Å². The average Bonchev–Trinajstić information content (AvgIpc) is 2.70. The van der Waals surface area contributed by atoms with Gasteiger partial charge in [0.25, 0.3) is 0 Å². The van der Waals surface area contributed by atoms with Crippen LogP contribution in [-0.2, 0) is 16.6 Å². The molecule has 1 aliphatic rings. The van der Waals surface area contributed by atoms with Gasteiger partial charge in [-0.3, -0.25) is 19.2 Å². The molecule has 7 nitrogen and oxygen atoms in total. The quantitative estimate of drug-likeness (QED) is 0.814. The van der Waals surface area contributed by atoms with Crippen molar-refractivity contribution in [1.82, 2.24) is 20.0 Å². The van der Waals surface area contributed by atoms with E-state index in [1.54, 1.807) is 4.68 Å². The van der Waals surface area contributed by atoms with Gasteiger partial charge >= 0.3 is 5.97 Å². The second-order valence-corrected chi connectivity index (χ2v) is 5.16. The molecule has 1 amide bonds. The summed E-state index contributed by atoms with van der Waals surface area (Å²) in [5.74, 6) is -1.18. The topological polar surface area (TPSA) is 87.5 Å². The summed E-state index contributed by atoms with van der Waals surface area (Å²) in [5.41, 5.74) is 1.93. The summed E-state index contributed by atoms with van der Waals surface area (Å²) in [6.07, 6.45) is 1.74. The summed E-state index contributed by atoms with van der Waals surface area (Å²) in [5, 5.41) is 16.0. The maximum absolute atomic E-state index is 11.9. The molecule has 0 aromatic carbocycles. The number of aromatic nitrogens is 2. The lowest BCUT2D eigenvalue weighted by molar-refractivity contribution is -0.143. The molecule has 2 rings (SSSR count). The third-order valence-electron chi connectivity index (χ3n) is 3.74. The summed E-state index contributed by atoms with van der Waals surface area (Å²) in [6, 6.07) is -0.671. The predicted octanol–water partition coefficient (Wildman–Crippen LogP) is 0.0646. The van der Waals surface area contributed by atoms with Crippen LogP contribution in [0.4, 0.5) is 0 Å². The molecular weight excluding hydrogens is 260 g/mol. The highest BCUT2D eigenvalue weighted by Crippen LogP contribution is 2.26. The summed E-state index contributed by atoms with van der Waals surface area (Å²) in [4.78, 5) is 24.8. The number of piperazine rings is 1. The summed E-state index contributed by atoms with van der Waals surface area (Å²) in [7, 11) is 1.85. The number of aryl methyl sites for hydroxylation is 2. The van der Waals surface area contributed by atoms with Gasteiger partial charge in [0.2, 0.25) is 5.91 Å². The van der Waals surface area contributed by atoms with E-state index in [4.69, 9.17) is 5.11 Å². The van der Waals surface area contributed by atoms with Gasteiger partial charge in [-0.1, -0.05) is 0 Å². The number of hydrogen-bond donors (Lipinski definition) is 2. The molecule has 0 spiro atoms. The van der Waals surface area contributed by atoms with Gasteiger partial charge in [-0.2, -0.15) is 5.10 Å². The van der Waals surface area contributed by atoms with Crippen molar-refractivity contribution in [2.75, 3.05) is 13.1 Å². The predicted molar refractivity (Wildman–Crippen MR) is 72.1 cm³/mol. The van der Waals surface area contributed by atoms with E-state index >= 15 is 0 Å². The summed E-state index contributed by atoms with van der Waals surface area (Å²) >= 11 is 0. The number of carbonyl (C=O) groups is 2. The zero-order valence-corrected chi connectivity index (χ0v) is 12.0. The van der Waals surface area contributed by atoms with Gasteiger partial charge in [0.15, 0.2) is 0 Å². The fourth-order valence-corrected chi connectivity index (χ4v) is 2.78. The summed E-state index contributed by atoms with van der Waals surface area (Å²) < 4.78 is 1.73. The number of carbonyl (C=O) groups excluding carboxylic acids is 1. The Morgan fingerprint density at radius 1 is 1.65 bits per heavy atom. The average molecular weight is 280 g/mol. The van der Waals surface area contributed by atoms with E-state index < -0.39 is 12.0 Å². The first-order chi connectivity index (χ1) is 9.40. The smallest absolute Gasteiger partial charge is 0.305 e. The van der Waals surface area contributed by atoms with Gasteiger partial charge in [-0.15, -0.1) is 0 Å². The molecule has 110 valence electrons. The van der Waals surface area contributed by atoms with Gasteiger partial charge in [-0.25, -0.2) is 0 Å². The highest BCUT2D eigenvalue weighted by molar-refractivity contribution is 5.86. The Morgan fingerprint density at radius 3 is 2.90 bits per heavy atom. The number of nitrogens with one attached hydrogen (secondary N) is 1. The van der Waals surface area contributed by atoms with E-state index in [1.807, 2.05) is 32.0 Å². The van der Waals surface area contributed by atoms with Crippen LogP contribution in [0.2, 0.25) is 0 Å². The number of nitrogens with zero attached hydrogens (tertiary/aromatic N) is 3. The first-order valence-electron chi connectivity index (χ1n) is 6.65. The van der Waals surface area contributed by atoms with Crippen LogP contribution in [0, 0.1) is 6.92 Å². The van der Waals surface area contributed by atoms with Crippen LogP contribution in [0.1, 0.15) is 30.6 Å². The lowest BCUT2D eigenvalue weighted by Crippen LogP contribution is -2.56. The second-order valence-electron chi connectivity index (χ2n) is 5.16. The van der Waals surface area contributed by atoms with E-state index in [0.717, 1.165) is 11.3 Å². The second kappa shape index (κ2) is 5.62. The largest absolute Gasteiger partial charge is 0.481 e. The number of rotatable bonds is 4. The number of carboxylic acid groups (broad SMARTS) is 1. The van der Waals surface area contributed by atoms with Crippen LogP contribution in [0.15, 0.2) is 6.20 Å². The lowest BCUT2D eigenvalue weighted by atomic mass is 10.0. The molecule has 20 heavy (non-hydrogen) atoms. The van der Waals surface area contributed by atoms with Crippen molar-refractivity contribution in [3.8, 4) is 0 Å². The van der Waals surface area contributed by atoms with Gasteiger partial charge in [0.1, 0.15) is 6.04 Å². The molecule has 2 N–H and O–H groups in total. The minimum Gasteiger partial charge on any atom is -0.481 e. The van der Waals surface area contributed by atoms with Crippen molar-refractivity contribution < 1.29 is 14.7 Å². The van der Waals surface area contributed by atoms with E-state index in [0.29, 0.717) is 13.1 Å². The van der Waals surface area contributed by atoms with Crippen molar-refractivity contribution in [2.24, 2.45) is 7.05 Å². The molecule has 0 radical (unpaired) electrons. The molecule has 1 fully saturated rings. The zero-order valence-electron chi connectivity index (χ0n) is 12.0. The maximum Gasteiger partial charge on any atom is 0.305 e. The number of amides is 1. The van der Waals surface area contributed by atoms with Crippen LogP contribution in [0.3, 0.4) is 0 Å². The molecule has 0 saturated carbocycles. The Kier molecular flexibility index (Phi) is 4.08. The Bertz CT molecular complexity index is 526. The van der Waals surface area contributed by atoms with Crippen LogP contribution < -0.4 is 5.32 Å². The molecular formula is C13H20N4O3. The Labute approximate surface area is 117 Å². The van der Waals surface area contributed by atoms with Crippen LogP contribution in [0.25, 0.3) is 0 Å². The van der Waals surface area contributed by atoms with E-state index in [-0.39, 0.29) is 18.4 Å². The SMILES string of the molecule is Cc1nn(C)cc1C(C)N1CCNC(=O)C1CC(=O)O. The highest BCUT2D eigenvalue weighted by Gasteiger charge is 2.35. The van der Waals surface area contributed by atoms with E-state index in [9.17, 15) is 9.59 Å². The molecule has 0 bridgehead atoms. The zero-order chi connectivity index (χ0) is 14.9. The van der Waals surface area contributed by atoms with Gasteiger partial charge in [0.05, 0.1) is 12.1 Å². The van der Waals surface area contributed by atoms with Crippen LogP contribution in [-0.4, -0.2) is 50.8 Å². The number of carboxylic acids is 1. The Balaban J connectivity index is 2.25. The van der Waals surface area contributed by atoms with E-state index in [1.165, 1.54) is 0 Å². The molecule has 2 unspecified atom stereocenters. The lowest BCUT2D eigenvalue weighted by Gasteiger charge is -2.38. The van der Waals surface area contributed by atoms with Crippen LogP contribution in [0.5, 0.6) is 0 Å². The standard InChI is InChI=1S/C13H20N4O3/c1-8-10(7-16(3)15-8)9(2)17-5-4-14-13(20)11(17)6-12(18)19/h7,9,11H,4-6H2,1-3H3,(H,14,20)(H,18,19). The molecule has 1 aliphatic heterocycles. The first-order valence-corrected chi connectivity index (χ1v) is 6.65. The minimum atomic E-state index is -0.966. The van der Waals surface area contributed by atoms with Crippen LogP contribution >= 0.6 is 0 Å². The fourth-order valence-electron chi connectivity index (χ4n) is 2.78. The number of hydrogen-bond acceptors (Lipinski definition) is 4. The summed E-state index contributed by atoms with van der Waals surface area (Å²) in [6.45, 7) is 5.08. The molecule has 2 atom stereocenters. The van der Waals surface area contributed by atoms with Crippen molar-refractivity contribution >= 4 is 11.9 Å². The van der Waals surface area contributed by atoms with Gasteiger partial charge in [0, 0.05) is 37.9 Å². The molecule has 0 aliphatic carbocycles. The normalized spacial score (nSPS) is 21.6. The van der Waals surface area contributed by atoms with Crippen molar-refractivity contribution in [2.45, 2.75) is 32.4 Å². The molecule has 7 heteroatoms. The third kappa shape index (κ3) is 2.82. The third-order valence-corrected chi connectivity index (χ3v) is 3.74. The minimum absolute atomic E-state index is 0.0425. The highest BCUT2D eigenvalue weighted by atomic mass is 16.4. The Morgan fingerprint density at radius 2 is 2.35 bits per heavy atom. The van der Waals surface area contributed by atoms with Gasteiger partial charge in [-0.05, 0) is 13.8 Å². The van der Waals surface area contributed by atoms with Crippen molar-refractivity contribution in [3.63, 3.8) is 0 Å². The number of aliphatic carboxylic acids is 1. The molecule has 1 aromatic heterocycles. The first kappa shape index (κ1) is 14.5. The fraction of sp³-hybridized carbons (Fsp3) is 0.615. The van der Waals surface area contributed by atoms with Crippen molar-refractivity contribution in [3.05, 3.63) is 17.5 Å². The monoisotopic (exact) mass is 280 g/mol. The Hall–Kier alpha value is -1.89. The molecule has 1 aromatic rings. The van der Waals surface area contributed by atoms with Crippen molar-refractivity contribution in [1.29, 1.82) is 0 Å². The van der Waals surface area contributed by atoms with Gasteiger partial charge < -0.3 is 10.4 Å².